The zero-order valence-corrected chi connectivity index (χ0v) is 17.8. The average Bonchev–Trinajstić information content (AvgIpc) is 3.40. The molecule has 0 saturated carbocycles. The van der Waals surface area contributed by atoms with Crippen LogP contribution < -0.4 is 4.90 Å². The molecule has 1 aliphatic rings. The number of hydrogen-bond acceptors (Lipinski definition) is 4. The predicted octanol–water partition coefficient (Wildman–Crippen LogP) is 3.83. The molecule has 160 valence electrons. The van der Waals surface area contributed by atoms with Crippen molar-refractivity contribution in [2.45, 2.75) is 6.42 Å². The van der Waals surface area contributed by atoms with Gasteiger partial charge in [0.15, 0.2) is 5.82 Å². The molecule has 6 heteroatoms. The molecule has 2 aromatic heterocycles. The first-order valence-electron chi connectivity index (χ1n) is 10.9. The molecule has 4 aromatic rings. The van der Waals surface area contributed by atoms with Crippen LogP contribution in [0.1, 0.15) is 5.56 Å². The van der Waals surface area contributed by atoms with E-state index in [1.165, 1.54) is 0 Å². The average molecular weight is 424 g/mol. The highest BCUT2D eigenvalue weighted by Crippen LogP contribution is 2.19. The Morgan fingerprint density at radius 1 is 0.812 bits per heavy atom. The number of amides is 1. The Morgan fingerprint density at radius 2 is 1.53 bits per heavy atom. The van der Waals surface area contributed by atoms with E-state index in [4.69, 9.17) is 4.98 Å². The Hall–Kier alpha value is -3.93. The molecule has 0 unspecified atom stereocenters. The zero-order chi connectivity index (χ0) is 21.8. The van der Waals surface area contributed by atoms with Gasteiger partial charge >= 0.3 is 0 Å². The van der Waals surface area contributed by atoms with Crippen LogP contribution in [0, 0.1) is 0 Å². The minimum atomic E-state index is 0.172. The molecular weight excluding hydrogens is 398 g/mol. The van der Waals surface area contributed by atoms with Gasteiger partial charge in [-0.25, -0.2) is 9.97 Å². The fourth-order valence-electron chi connectivity index (χ4n) is 4.02. The Bertz CT molecular complexity index is 1160. The molecule has 3 heterocycles. The van der Waals surface area contributed by atoms with Gasteiger partial charge in [-0.15, -0.1) is 0 Å². The van der Waals surface area contributed by atoms with Gasteiger partial charge in [0.1, 0.15) is 5.82 Å². The van der Waals surface area contributed by atoms with E-state index in [2.05, 4.69) is 26.6 Å². The van der Waals surface area contributed by atoms with Crippen molar-refractivity contribution in [2.24, 2.45) is 0 Å². The van der Waals surface area contributed by atoms with Crippen molar-refractivity contribution >= 4 is 11.7 Å². The van der Waals surface area contributed by atoms with Gasteiger partial charge in [0.2, 0.25) is 5.91 Å². The normalized spacial score (nSPS) is 13.9. The van der Waals surface area contributed by atoms with E-state index in [-0.39, 0.29) is 5.91 Å². The first kappa shape index (κ1) is 20.0. The fourth-order valence-corrected chi connectivity index (χ4v) is 4.02. The van der Waals surface area contributed by atoms with Gasteiger partial charge in [0, 0.05) is 56.0 Å². The van der Waals surface area contributed by atoms with Gasteiger partial charge < -0.3 is 14.4 Å². The van der Waals surface area contributed by atoms with Crippen LogP contribution in [-0.4, -0.2) is 51.5 Å². The zero-order valence-electron chi connectivity index (χ0n) is 17.8. The second-order valence-corrected chi connectivity index (χ2v) is 7.91. The summed E-state index contributed by atoms with van der Waals surface area (Å²) in [5.74, 6) is 1.81. The van der Waals surface area contributed by atoms with Gasteiger partial charge in [-0.2, -0.15) is 0 Å². The van der Waals surface area contributed by atoms with E-state index < -0.39 is 0 Å². The lowest BCUT2D eigenvalue weighted by Crippen LogP contribution is -2.49. The Kier molecular flexibility index (Phi) is 5.66. The monoisotopic (exact) mass is 423 g/mol. The van der Waals surface area contributed by atoms with Crippen LogP contribution in [0.3, 0.4) is 0 Å². The molecule has 5 rings (SSSR count). The van der Waals surface area contributed by atoms with Crippen molar-refractivity contribution in [1.82, 2.24) is 19.4 Å². The first-order valence-corrected chi connectivity index (χ1v) is 10.9. The Balaban J connectivity index is 1.18. The number of rotatable bonds is 5. The van der Waals surface area contributed by atoms with E-state index in [0.29, 0.717) is 19.5 Å². The predicted molar refractivity (Wildman–Crippen MR) is 126 cm³/mol. The van der Waals surface area contributed by atoms with Crippen LogP contribution in [0.25, 0.3) is 17.1 Å². The first-order chi connectivity index (χ1) is 15.8. The molecule has 0 bridgehead atoms. The van der Waals surface area contributed by atoms with Crippen molar-refractivity contribution < 1.29 is 4.79 Å². The third-order valence-corrected chi connectivity index (χ3v) is 5.82. The van der Waals surface area contributed by atoms with Crippen molar-refractivity contribution in [1.29, 1.82) is 0 Å². The van der Waals surface area contributed by atoms with Crippen LogP contribution in [0.15, 0.2) is 91.4 Å². The highest BCUT2D eigenvalue weighted by molar-refractivity contribution is 5.79. The summed E-state index contributed by atoms with van der Waals surface area (Å²) in [6.45, 7) is 2.93. The van der Waals surface area contributed by atoms with Crippen molar-refractivity contribution in [3.05, 3.63) is 97.0 Å². The molecule has 0 atom stereocenters. The minimum Gasteiger partial charge on any atom is -0.353 e. The van der Waals surface area contributed by atoms with Crippen LogP contribution in [-0.2, 0) is 11.2 Å². The molecule has 1 aliphatic heterocycles. The SMILES string of the molecule is O=C(Cc1ccc(-n2cccc2)cc1)N1CCN(c2ccnc(-c3ccccc3)n2)CC1. The van der Waals surface area contributed by atoms with Gasteiger partial charge in [-0.05, 0) is 35.9 Å². The summed E-state index contributed by atoms with van der Waals surface area (Å²) < 4.78 is 2.06. The third-order valence-electron chi connectivity index (χ3n) is 5.82. The van der Waals surface area contributed by atoms with Crippen molar-refractivity contribution in [2.75, 3.05) is 31.1 Å². The maximum Gasteiger partial charge on any atom is 0.227 e. The number of hydrogen-bond donors (Lipinski definition) is 0. The number of carbonyl (C=O) groups is 1. The van der Waals surface area contributed by atoms with E-state index in [1.54, 1.807) is 6.20 Å². The minimum absolute atomic E-state index is 0.172. The second-order valence-electron chi connectivity index (χ2n) is 7.91. The maximum absolute atomic E-state index is 12.8. The summed E-state index contributed by atoms with van der Waals surface area (Å²) in [7, 11) is 0. The number of nitrogens with zero attached hydrogens (tertiary/aromatic N) is 5. The number of anilines is 1. The van der Waals surface area contributed by atoms with Gasteiger partial charge in [-0.3, -0.25) is 4.79 Å². The quantitative estimate of drug-likeness (QED) is 0.490. The van der Waals surface area contributed by atoms with Crippen molar-refractivity contribution in [3.8, 4) is 17.1 Å². The summed E-state index contributed by atoms with van der Waals surface area (Å²) in [6, 6.07) is 24.1. The topological polar surface area (TPSA) is 54.3 Å². The largest absolute Gasteiger partial charge is 0.353 e. The standard InChI is InChI=1S/C26H25N5O/c32-25(20-21-8-10-23(11-9-21)29-14-4-5-15-29)31-18-16-30(17-19-31)24-12-13-27-26(28-24)22-6-2-1-3-7-22/h1-15H,16-20H2. The summed E-state index contributed by atoms with van der Waals surface area (Å²) in [5.41, 5.74) is 3.14. The van der Waals surface area contributed by atoms with Gasteiger partial charge in [0.05, 0.1) is 6.42 Å². The smallest absolute Gasteiger partial charge is 0.227 e. The van der Waals surface area contributed by atoms with E-state index >= 15 is 0 Å². The fraction of sp³-hybridized carbons (Fsp3) is 0.192. The van der Waals surface area contributed by atoms with E-state index in [0.717, 1.165) is 41.5 Å². The molecule has 0 radical (unpaired) electrons. The molecule has 1 fully saturated rings. The highest BCUT2D eigenvalue weighted by atomic mass is 16.2. The van der Waals surface area contributed by atoms with Crippen molar-refractivity contribution in [3.63, 3.8) is 0 Å². The van der Waals surface area contributed by atoms with E-state index in [1.807, 2.05) is 78.0 Å². The molecular formula is C26H25N5O. The summed E-state index contributed by atoms with van der Waals surface area (Å²) >= 11 is 0. The number of carbonyl (C=O) groups excluding carboxylic acids is 1. The summed E-state index contributed by atoms with van der Waals surface area (Å²) in [5, 5.41) is 0. The maximum atomic E-state index is 12.8. The lowest BCUT2D eigenvalue weighted by atomic mass is 10.1. The van der Waals surface area contributed by atoms with Gasteiger partial charge in [-0.1, -0.05) is 42.5 Å². The summed E-state index contributed by atoms with van der Waals surface area (Å²) in [4.78, 5) is 26.2. The van der Waals surface area contributed by atoms with Crippen LogP contribution in [0.5, 0.6) is 0 Å². The molecule has 32 heavy (non-hydrogen) atoms. The van der Waals surface area contributed by atoms with Gasteiger partial charge in [0.25, 0.3) is 0 Å². The lowest BCUT2D eigenvalue weighted by molar-refractivity contribution is -0.130. The number of aromatic nitrogens is 3. The molecule has 1 amide bonds. The Morgan fingerprint density at radius 3 is 2.25 bits per heavy atom. The van der Waals surface area contributed by atoms with Crippen LogP contribution in [0.2, 0.25) is 0 Å². The third kappa shape index (κ3) is 4.39. The van der Waals surface area contributed by atoms with Crippen LogP contribution >= 0.6 is 0 Å². The van der Waals surface area contributed by atoms with Crippen LogP contribution in [0.4, 0.5) is 5.82 Å². The second kappa shape index (κ2) is 9.06. The number of piperazine rings is 1. The Labute approximate surface area is 187 Å². The van der Waals surface area contributed by atoms with E-state index in [9.17, 15) is 4.79 Å². The number of benzene rings is 2. The molecule has 0 aliphatic carbocycles. The lowest BCUT2D eigenvalue weighted by Gasteiger charge is -2.35. The highest BCUT2D eigenvalue weighted by Gasteiger charge is 2.22. The molecule has 6 nitrogen and oxygen atoms in total. The molecule has 0 N–H and O–H groups in total. The molecule has 2 aromatic carbocycles. The molecule has 1 saturated heterocycles. The summed E-state index contributed by atoms with van der Waals surface area (Å²) in [6.07, 6.45) is 6.26. The molecule has 0 spiro atoms.